The van der Waals surface area contributed by atoms with Gasteiger partial charge in [-0.15, -0.1) is 10.2 Å². The molecule has 5 aromatic rings. The van der Waals surface area contributed by atoms with E-state index in [0.29, 0.717) is 22.1 Å². The molecular formula is C28H23BrN4O4S2. The number of hydrogen-bond donors (Lipinski definition) is 4. The van der Waals surface area contributed by atoms with E-state index in [4.69, 9.17) is 11.1 Å². The zero-order valence-electron chi connectivity index (χ0n) is 20.3. The summed E-state index contributed by atoms with van der Waals surface area (Å²) in [5.41, 5.74) is 7.43. The van der Waals surface area contributed by atoms with Gasteiger partial charge in [-0.25, -0.2) is 0 Å². The van der Waals surface area contributed by atoms with E-state index in [9.17, 15) is 18.1 Å². The number of aromatic hydroxyl groups is 1. The molecule has 0 bridgehead atoms. The molecule has 0 saturated carbocycles. The summed E-state index contributed by atoms with van der Waals surface area (Å²) >= 11 is 4.69. The average Bonchev–Trinajstić information content (AvgIpc) is 2.92. The van der Waals surface area contributed by atoms with E-state index < -0.39 is 10.1 Å². The number of halogens is 1. The smallest absolute Gasteiger partial charge is 0.294 e. The first-order valence-electron chi connectivity index (χ1n) is 11.5. The van der Waals surface area contributed by atoms with Crippen molar-refractivity contribution >= 4 is 75.9 Å². The summed E-state index contributed by atoms with van der Waals surface area (Å²) in [4.78, 5) is -0.201. The maximum absolute atomic E-state index is 11.4. The van der Waals surface area contributed by atoms with Crippen LogP contribution in [0, 0.1) is 5.41 Å². The highest BCUT2D eigenvalue weighted by Gasteiger charge is 2.11. The molecule has 5 aromatic carbocycles. The summed E-state index contributed by atoms with van der Waals surface area (Å²) in [5.74, 6) is 0.926. The number of phenols is 1. The first-order valence-corrected chi connectivity index (χ1v) is 14.7. The molecule has 0 aliphatic carbocycles. The van der Waals surface area contributed by atoms with Gasteiger partial charge in [0.2, 0.25) is 0 Å². The second kappa shape index (κ2) is 12.4. The van der Waals surface area contributed by atoms with Gasteiger partial charge in [-0.1, -0.05) is 82.3 Å². The molecule has 0 amide bonds. The number of thioether (sulfide) groups is 1. The molecule has 0 aromatic heterocycles. The zero-order chi connectivity index (χ0) is 28.0. The molecule has 0 aliphatic rings. The van der Waals surface area contributed by atoms with Gasteiger partial charge in [0.1, 0.15) is 5.75 Å². The Morgan fingerprint density at radius 1 is 0.846 bits per heavy atom. The van der Waals surface area contributed by atoms with Crippen LogP contribution in [0.4, 0.5) is 11.4 Å². The van der Waals surface area contributed by atoms with Crippen LogP contribution in [0.15, 0.2) is 117 Å². The molecule has 0 aliphatic heterocycles. The van der Waals surface area contributed by atoms with E-state index in [2.05, 4.69) is 26.2 Å². The van der Waals surface area contributed by atoms with Gasteiger partial charge < -0.3 is 10.8 Å². The standard InChI is InChI=1S/C20H14N2O4S.C8H9BrN2S/c23-20-11-10-19(15-5-1-2-6-16(15)20)22-21-18-7-3-4-13-8-9-14(12-17(13)18)27(24,25)26;9-7-3-1-6(2-4-7)5-12-8(10)11/h1-12,23H,(H,24,25,26);1-4H,5H2,(H3,10,11). The minimum atomic E-state index is -4.31. The molecule has 0 fully saturated rings. The zero-order valence-corrected chi connectivity index (χ0v) is 23.5. The van der Waals surface area contributed by atoms with Crippen LogP contribution >= 0.6 is 27.7 Å². The van der Waals surface area contributed by atoms with E-state index in [-0.39, 0.29) is 15.8 Å². The van der Waals surface area contributed by atoms with Crippen molar-refractivity contribution < 1.29 is 18.1 Å². The summed E-state index contributed by atoms with van der Waals surface area (Å²) in [6.45, 7) is 0. The quantitative estimate of drug-likeness (QED) is 0.0676. The van der Waals surface area contributed by atoms with Crippen LogP contribution in [-0.2, 0) is 15.9 Å². The Morgan fingerprint density at radius 2 is 1.51 bits per heavy atom. The van der Waals surface area contributed by atoms with Crippen LogP contribution in [0.1, 0.15) is 5.56 Å². The number of amidine groups is 1. The van der Waals surface area contributed by atoms with Crippen LogP contribution in [0.3, 0.4) is 0 Å². The van der Waals surface area contributed by atoms with Crippen molar-refractivity contribution in [3.05, 3.63) is 107 Å². The third kappa shape index (κ3) is 7.42. The topological polar surface area (TPSA) is 149 Å². The third-order valence-electron chi connectivity index (χ3n) is 5.58. The SMILES string of the molecule is N=C(N)SCc1ccc(Br)cc1.O=S(=O)(O)c1ccc2cccc(N=Nc3ccc(O)c4ccccc34)c2c1. The lowest BCUT2D eigenvalue weighted by Gasteiger charge is -2.05. The van der Waals surface area contributed by atoms with Crippen molar-refractivity contribution in [2.24, 2.45) is 16.0 Å². The first-order chi connectivity index (χ1) is 18.6. The van der Waals surface area contributed by atoms with Gasteiger partial charge in [0.15, 0.2) is 5.17 Å². The largest absolute Gasteiger partial charge is 0.507 e. The van der Waals surface area contributed by atoms with Crippen molar-refractivity contribution in [1.29, 1.82) is 5.41 Å². The number of azo groups is 1. The van der Waals surface area contributed by atoms with Crippen LogP contribution in [0.5, 0.6) is 5.75 Å². The Hall–Kier alpha value is -3.77. The van der Waals surface area contributed by atoms with E-state index in [1.165, 1.54) is 29.5 Å². The highest BCUT2D eigenvalue weighted by atomic mass is 79.9. The second-order valence-corrected chi connectivity index (χ2v) is 11.6. The summed E-state index contributed by atoms with van der Waals surface area (Å²) in [6, 6.07) is 28.1. The van der Waals surface area contributed by atoms with Crippen molar-refractivity contribution in [2.45, 2.75) is 10.6 Å². The molecule has 0 radical (unpaired) electrons. The molecule has 0 heterocycles. The fourth-order valence-corrected chi connectivity index (χ4v) is 4.97. The predicted octanol–water partition coefficient (Wildman–Crippen LogP) is 7.94. The fraction of sp³-hybridized carbons (Fsp3) is 0.0357. The number of nitrogens with one attached hydrogen (secondary N) is 1. The summed E-state index contributed by atoms with van der Waals surface area (Å²) < 4.78 is 33.2. The van der Waals surface area contributed by atoms with E-state index in [1.54, 1.807) is 36.4 Å². The molecule has 5 rings (SSSR count). The number of phenolic OH excluding ortho intramolecular Hbond substituents is 1. The van der Waals surface area contributed by atoms with Gasteiger partial charge in [-0.3, -0.25) is 9.96 Å². The van der Waals surface area contributed by atoms with E-state index in [0.717, 1.165) is 21.0 Å². The maximum atomic E-state index is 11.4. The molecule has 0 spiro atoms. The third-order valence-corrected chi connectivity index (χ3v) is 7.75. The Balaban J connectivity index is 0.000000247. The molecule has 198 valence electrons. The predicted molar refractivity (Wildman–Crippen MR) is 161 cm³/mol. The lowest BCUT2D eigenvalue weighted by atomic mass is 10.1. The van der Waals surface area contributed by atoms with Crippen LogP contribution in [0.2, 0.25) is 0 Å². The number of hydrogen-bond acceptors (Lipinski definition) is 7. The maximum Gasteiger partial charge on any atom is 0.294 e. The van der Waals surface area contributed by atoms with Crippen molar-refractivity contribution in [3.8, 4) is 5.75 Å². The van der Waals surface area contributed by atoms with Gasteiger partial charge in [-0.05, 0) is 53.4 Å². The van der Waals surface area contributed by atoms with Crippen LogP contribution < -0.4 is 5.73 Å². The monoisotopic (exact) mass is 622 g/mol. The molecule has 0 atom stereocenters. The normalized spacial score (nSPS) is 11.4. The second-order valence-electron chi connectivity index (χ2n) is 8.26. The minimum Gasteiger partial charge on any atom is -0.507 e. The van der Waals surface area contributed by atoms with Gasteiger partial charge in [0.25, 0.3) is 10.1 Å². The summed E-state index contributed by atoms with van der Waals surface area (Å²) in [5, 5.41) is 28.5. The van der Waals surface area contributed by atoms with Gasteiger partial charge in [-0.2, -0.15) is 8.42 Å². The van der Waals surface area contributed by atoms with Crippen LogP contribution in [0.25, 0.3) is 21.5 Å². The number of nitrogens with zero attached hydrogens (tertiary/aromatic N) is 2. The minimum absolute atomic E-state index is 0.160. The van der Waals surface area contributed by atoms with Gasteiger partial charge in [0, 0.05) is 26.4 Å². The fourth-order valence-electron chi connectivity index (χ4n) is 3.69. The van der Waals surface area contributed by atoms with Crippen molar-refractivity contribution in [2.75, 3.05) is 0 Å². The molecule has 39 heavy (non-hydrogen) atoms. The number of rotatable bonds is 5. The molecule has 11 heteroatoms. The number of nitrogens with two attached hydrogens (primary N) is 1. The highest BCUT2D eigenvalue weighted by Crippen LogP contribution is 2.35. The number of benzene rings is 5. The Morgan fingerprint density at radius 3 is 2.18 bits per heavy atom. The van der Waals surface area contributed by atoms with E-state index >= 15 is 0 Å². The Labute approximate surface area is 238 Å². The lowest BCUT2D eigenvalue weighted by molar-refractivity contribution is 0.481. The van der Waals surface area contributed by atoms with Crippen molar-refractivity contribution in [1.82, 2.24) is 0 Å². The van der Waals surface area contributed by atoms with Gasteiger partial charge in [0.05, 0.1) is 16.3 Å². The molecule has 0 unspecified atom stereocenters. The average molecular weight is 624 g/mol. The Kier molecular flexibility index (Phi) is 8.97. The molecular weight excluding hydrogens is 600 g/mol. The summed E-state index contributed by atoms with van der Waals surface area (Å²) in [7, 11) is -4.31. The molecule has 5 N–H and O–H groups in total. The Bertz CT molecular complexity index is 1790. The van der Waals surface area contributed by atoms with Crippen LogP contribution in [-0.4, -0.2) is 23.2 Å². The van der Waals surface area contributed by atoms with Gasteiger partial charge >= 0.3 is 0 Å². The van der Waals surface area contributed by atoms with Crippen molar-refractivity contribution in [3.63, 3.8) is 0 Å². The molecule has 8 nitrogen and oxygen atoms in total. The lowest BCUT2D eigenvalue weighted by Crippen LogP contribution is -2.03. The number of fused-ring (bicyclic) bond motifs is 2. The molecule has 0 saturated heterocycles. The van der Waals surface area contributed by atoms with E-state index in [1.807, 2.05) is 48.5 Å². The summed E-state index contributed by atoms with van der Waals surface area (Å²) in [6.07, 6.45) is 0. The first kappa shape index (κ1) is 28.2. The highest BCUT2D eigenvalue weighted by molar-refractivity contribution is 9.10.